The minimum absolute atomic E-state index is 0.276. The van der Waals surface area contributed by atoms with E-state index in [1.165, 1.54) is 4.68 Å². The molecule has 0 aliphatic rings. The molecule has 4 aromatic rings. The lowest BCUT2D eigenvalue weighted by atomic mass is 10.1. The van der Waals surface area contributed by atoms with Crippen LogP contribution < -0.4 is 10.6 Å². The van der Waals surface area contributed by atoms with Crippen LogP contribution in [-0.4, -0.2) is 20.7 Å². The molecule has 32 heavy (non-hydrogen) atoms. The fraction of sp³-hybridized carbons (Fsp3) is 0.125. The number of anilines is 2. The first-order valence-electron chi connectivity index (χ1n) is 10.0. The quantitative estimate of drug-likeness (QED) is 0.360. The zero-order valence-electron chi connectivity index (χ0n) is 17.3. The summed E-state index contributed by atoms with van der Waals surface area (Å²) in [7, 11) is 0. The van der Waals surface area contributed by atoms with Crippen LogP contribution in [0.25, 0.3) is 0 Å². The highest BCUT2D eigenvalue weighted by atomic mass is 35.5. The van der Waals surface area contributed by atoms with E-state index in [0.717, 1.165) is 16.7 Å². The summed E-state index contributed by atoms with van der Waals surface area (Å²) >= 11 is 12.1. The summed E-state index contributed by atoms with van der Waals surface area (Å²) in [5, 5.41) is 12.0. The second kappa shape index (κ2) is 9.85. The fourth-order valence-corrected chi connectivity index (χ4v) is 3.54. The number of hydrogen-bond donors (Lipinski definition) is 2. The second-order valence-electron chi connectivity index (χ2n) is 7.31. The van der Waals surface area contributed by atoms with Crippen LogP contribution in [0.3, 0.4) is 0 Å². The van der Waals surface area contributed by atoms with Gasteiger partial charge in [0, 0.05) is 28.7 Å². The van der Waals surface area contributed by atoms with Crippen LogP contribution >= 0.6 is 23.2 Å². The molecule has 0 aliphatic heterocycles. The highest BCUT2D eigenvalue weighted by Crippen LogP contribution is 2.17. The Labute approximate surface area is 196 Å². The van der Waals surface area contributed by atoms with Crippen LogP contribution in [0.2, 0.25) is 10.0 Å². The molecule has 0 saturated carbocycles. The minimum atomic E-state index is -0.276. The smallest absolute Gasteiger partial charge is 0.281 e. The Hall–Kier alpha value is -3.35. The number of halogens is 2. The molecule has 2 N–H and O–H groups in total. The van der Waals surface area contributed by atoms with Crippen molar-refractivity contribution in [1.82, 2.24) is 14.8 Å². The van der Waals surface area contributed by atoms with Crippen molar-refractivity contribution in [3.8, 4) is 0 Å². The lowest BCUT2D eigenvalue weighted by Gasteiger charge is -2.08. The van der Waals surface area contributed by atoms with Gasteiger partial charge in [-0.1, -0.05) is 65.2 Å². The molecule has 0 atom stereocenters. The summed E-state index contributed by atoms with van der Waals surface area (Å²) in [6.07, 6.45) is 0. The number of aryl methyl sites for hydroxylation is 1. The van der Waals surface area contributed by atoms with Crippen molar-refractivity contribution in [3.63, 3.8) is 0 Å². The number of carbonyl (C=O) groups excluding carboxylic acids is 1. The van der Waals surface area contributed by atoms with Gasteiger partial charge in [-0.3, -0.25) is 4.79 Å². The van der Waals surface area contributed by atoms with Crippen LogP contribution in [0.15, 0.2) is 72.8 Å². The van der Waals surface area contributed by atoms with Gasteiger partial charge in [-0.25, -0.2) is 0 Å². The highest BCUT2D eigenvalue weighted by molar-refractivity contribution is 6.30. The molecule has 0 fully saturated rings. The largest absolute Gasteiger partial charge is 0.350 e. The maximum atomic E-state index is 13.1. The monoisotopic (exact) mass is 465 g/mol. The molecule has 0 aliphatic carbocycles. The molecule has 0 bridgehead atoms. The zero-order chi connectivity index (χ0) is 22.5. The number of rotatable bonds is 7. The summed E-state index contributed by atoms with van der Waals surface area (Å²) < 4.78 is 1.27. The van der Waals surface area contributed by atoms with E-state index in [1.54, 1.807) is 12.1 Å². The molecule has 0 radical (unpaired) electrons. The SMILES string of the molecule is Cc1ccc(C(=O)n2nc(NCc3cccc(Cl)c3)nc2NCc2cccc(Cl)c2)cc1. The van der Waals surface area contributed by atoms with Crippen LogP contribution in [0.5, 0.6) is 0 Å². The Kier molecular flexibility index (Phi) is 6.73. The molecule has 1 heterocycles. The van der Waals surface area contributed by atoms with E-state index in [0.29, 0.717) is 40.6 Å². The molecule has 0 unspecified atom stereocenters. The number of benzene rings is 3. The van der Waals surface area contributed by atoms with Gasteiger partial charge in [-0.2, -0.15) is 9.67 Å². The van der Waals surface area contributed by atoms with E-state index in [1.807, 2.05) is 67.6 Å². The first-order valence-corrected chi connectivity index (χ1v) is 10.8. The number of aromatic nitrogens is 3. The van der Waals surface area contributed by atoms with E-state index >= 15 is 0 Å². The molecule has 8 heteroatoms. The standard InChI is InChI=1S/C24H21Cl2N5O/c1-16-8-10-19(11-9-16)22(32)31-24(28-15-18-5-3-7-21(26)13-18)29-23(30-31)27-14-17-4-2-6-20(25)12-17/h2-13H,14-15H2,1H3,(H2,27,28,29,30). The first kappa shape index (κ1) is 21.9. The Balaban J connectivity index is 1.58. The van der Waals surface area contributed by atoms with Crippen molar-refractivity contribution in [3.05, 3.63) is 105 Å². The average molecular weight is 466 g/mol. The molecule has 4 rings (SSSR count). The van der Waals surface area contributed by atoms with E-state index in [9.17, 15) is 4.79 Å². The predicted octanol–water partition coefficient (Wildman–Crippen LogP) is 5.81. The number of hydrogen-bond acceptors (Lipinski definition) is 5. The summed E-state index contributed by atoms with van der Waals surface area (Å²) in [5.74, 6) is 0.394. The number of carbonyl (C=O) groups is 1. The maximum Gasteiger partial charge on any atom is 0.281 e. The van der Waals surface area contributed by atoms with Gasteiger partial charge < -0.3 is 10.6 Å². The summed E-state index contributed by atoms with van der Waals surface area (Å²) in [4.78, 5) is 17.6. The van der Waals surface area contributed by atoms with E-state index in [2.05, 4.69) is 20.7 Å². The van der Waals surface area contributed by atoms with E-state index in [4.69, 9.17) is 23.2 Å². The molecule has 0 saturated heterocycles. The van der Waals surface area contributed by atoms with Gasteiger partial charge in [-0.15, -0.1) is 5.10 Å². The zero-order valence-corrected chi connectivity index (χ0v) is 18.9. The number of nitrogens with zero attached hydrogens (tertiary/aromatic N) is 3. The van der Waals surface area contributed by atoms with Gasteiger partial charge in [0.25, 0.3) is 5.91 Å². The highest BCUT2D eigenvalue weighted by Gasteiger charge is 2.18. The third-order valence-corrected chi connectivity index (χ3v) is 5.25. The third kappa shape index (κ3) is 5.46. The summed E-state index contributed by atoms with van der Waals surface area (Å²) in [5.41, 5.74) is 3.53. The molecule has 0 amide bonds. The van der Waals surface area contributed by atoms with Gasteiger partial charge in [0.15, 0.2) is 0 Å². The normalized spacial score (nSPS) is 10.7. The predicted molar refractivity (Wildman–Crippen MR) is 128 cm³/mol. The van der Waals surface area contributed by atoms with Crippen LogP contribution in [0.1, 0.15) is 27.0 Å². The topological polar surface area (TPSA) is 71.8 Å². The van der Waals surface area contributed by atoms with Crippen molar-refractivity contribution in [1.29, 1.82) is 0 Å². The molecule has 1 aromatic heterocycles. The Morgan fingerprint density at radius 1 is 0.875 bits per heavy atom. The number of nitrogens with one attached hydrogen (secondary N) is 2. The lowest BCUT2D eigenvalue weighted by Crippen LogP contribution is -2.17. The summed E-state index contributed by atoms with van der Waals surface area (Å²) in [6.45, 7) is 2.88. The van der Waals surface area contributed by atoms with Crippen molar-refractivity contribution >= 4 is 41.0 Å². The molecular weight excluding hydrogens is 445 g/mol. The van der Waals surface area contributed by atoms with Crippen molar-refractivity contribution < 1.29 is 4.79 Å². The Morgan fingerprint density at radius 2 is 1.47 bits per heavy atom. The van der Waals surface area contributed by atoms with Crippen LogP contribution in [0, 0.1) is 6.92 Å². The summed E-state index contributed by atoms with van der Waals surface area (Å²) in [6, 6.07) is 22.3. The Bertz CT molecular complexity index is 1240. The lowest BCUT2D eigenvalue weighted by molar-refractivity contribution is 0.0947. The van der Waals surface area contributed by atoms with Crippen molar-refractivity contribution in [2.45, 2.75) is 20.0 Å². The van der Waals surface area contributed by atoms with Crippen molar-refractivity contribution in [2.24, 2.45) is 0 Å². The average Bonchev–Trinajstić information content (AvgIpc) is 3.20. The van der Waals surface area contributed by atoms with Gasteiger partial charge in [0.05, 0.1) is 0 Å². The van der Waals surface area contributed by atoms with E-state index < -0.39 is 0 Å². The van der Waals surface area contributed by atoms with Gasteiger partial charge >= 0.3 is 0 Å². The third-order valence-electron chi connectivity index (χ3n) is 4.78. The Morgan fingerprint density at radius 3 is 2.06 bits per heavy atom. The molecule has 6 nitrogen and oxygen atoms in total. The van der Waals surface area contributed by atoms with Gasteiger partial charge in [0.2, 0.25) is 11.9 Å². The molecule has 3 aromatic carbocycles. The molecular formula is C24H21Cl2N5O. The second-order valence-corrected chi connectivity index (χ2v) is 8.18. The minimum Gasteiger partial charge on any atom is -0.350 e. The first-order chi connectivity index (χ1) is 15.5. The maximum absolute atomic E-state index is 13.1. The van der Waals surface area contributed by atoms with Crippen molar-refractivity contribution in [2.75, 3.05) is 10.6 Å². The van der Waals surface area contributed by atoms with Crippen LogP contribution in [-0.2, 0) is 13.1 Å². The van der Waals surface area contributed by atoms with Gasteiger partial charge in [0.1, 0.15) is 0 Å². The van der Waals surface area contributed by atoms with Gasteiger partial charge in [-0.05, 0) is 54.4 Å². The molecule has 0 spiro atoms. The fourth-order valence-electron chi connectivity index (χ4n) is 3.12. The van der Waals surface area contributed by atoms with Crippen LogP contribution in [0.4, 0.5) is 11.9 Å². The molecule has 162 valence electrons. The van der Waals surface area contributed by atoms with E-state index in [-0.39, 0.29) is 5.91 Å².